The first-order chi connectivity index (χ1) is 8.25. The number of hydrogen-bond acceptors (Lipinski definition) is 3. The molecule has 1 heterocycles. The SMILES string of the molecule is Nc1ccc(C(O)CC2CCCNCC2)cc1. The molecule has 2 rings (SSSR count). The molecule has 1 aromatic rings. The number of rotatable bonds is 3. The molecule has 1 saturated heterocycles. The van der Waals surface area contributed by atoms with Gasteiger partial charge in [-0.2, -0.15) is 0 Å². The summed E-state index contributed by atoms with van der Waals surface area (Å²) >= 11 is 0. The minimum Gasteiger partial charge on any atom is -0.399 e. The monoisotopic (exact) mass is 234 g/mol. The zero-order valence-electron chi connectivity index (χ0n) is 10.2. The molecular formula is C14H22N2O. The first-order valence-electron chi connectivity index (χ1n) is 6.50. The summed E-state index contributed by atoms with van der Waals surface area (Å²) in [5.74, 6) is 0.637. The molecule has 2 atom stereocenters. The third-order valence-corrected chi connectivity index (χ3v) is 3.57. The number of benzene rings is 1. The highest BCUT2D eigenvalue weighted by molar-refractivity contribution is 5.39. The molecule has 17 heavy (non-hydrogen) atoms. The van der Waals surface area contributed by atoms with E-state index in [4.69, 9.17) is 5.73 Å². The molecule has 4 N–H and O–H groups in total. The van der Waals surface area contributed by atoms with Crippen LogP contribution in [0.1, 0.15) is 37.4 Å². The highest BCUT2D eigenvalue weighted by Gasteiger charge is 2.17. The van der Waals surface area contributed by atoms with E-state index in [0.717, 1.165) is 30.8 Å². The van der Waals surface area contributed by atoms with Gasteiger partial charge in [-0.1, -0.05) is 12.1 Å². The zero-order chi connectivity index (χ0) is 12.1. The number of nitrogen functional groups attached to an aromatic ring is 1. The number of hydrogen-bond donors (Lipinski definition) is 3. The summed E-state index contributed by atoms with van der Waals surface area (Å²) < 4.78 is 0. The van der Waals surface area contributed by atoms with E-state index in [1.165, 1.54) is 19.3 Å². The Morgan fingerprint density at radius 1 is 1.24 bits per heavy atom. The van der Waals surface area contributed by atoms with Crippen LogP contribution in [0.5, 0.6) is 0 Å². The highest BCUT2D eigenvalue weighted by atomic mass is 16.3. The number of nitrogens with one attached hydrogen (secondary N) is 1. The minimum atomic E-state index is -0.348. The van der Waals surface area contributed by atoms with Gasteiger partial charge < -0.3 is 16.2 Å². The van der Waals surface area contributed by atoms with E-state index in [1.54, 1.807) is 0 Å². The van der Waals surface area contributed by atoms with Crippen molar-refractivity contribution in [1.82, 2.24) is 5.32 Å². The zero-order valence-corrected chi connectivity index (χ0v) is 10.2. The Balaban J connectivity index is 1.91. The second-order valence-corrected chi connectivity index (χ2v) is 4.97. The van der Waals surface area contributed by atoms with Gasteiger partial charge in [0.2, 0.25) is 0 Å². The molecule has 94 valence electrons. The van der Waals surface area contributed by atoms with Crippen LogP contribution in [0, 0.1) is 5.92 Å². The molecule has 3 nitrogen and oxygen atoms in total. The summed E-state index contributed by atoms with van der Waals surface area (Å²) in [5, 5.41) is 13.6. The van der Waals surface area contributed by atoms with E-state index in [-0.39, 0.29) is 6.10 Å². The smallest absolute Gasteiger partial charge is 0.0792 e. The van der Waals surface area contributed by atoms with Gasteiger partial charge in [0.05, 0.1) is 6.10 Å². The van der Waals surface area contributed by atoms with Crippen molar-refractivity contribution in [3.8, 4) is 0 Å². The van der Waals surface area contributed by atoms with Crippen molar-refractivity contribution in [2.45, 2.75) is 31.8 Å². The molecule has 0 aromatic heterocycles. The predicted molar refractivity (Wildman–Crippen MR) is 70.6 cm³/mol. The maximum Gasteiger partial charge on any atom is 0.0792 e. The lowest BCUT2D eigenvalue weighted by atomic mass is 9.91. The molecule has 1 aliphatic heterocycles. The summed E-state index contributed by atoms with van der Waals surface area (Å²) in [5.41, 5.74) is 7.37. The Morgan fingerprint density at radius 2 is 2.00 bits per heavy atom. The van der Waals surface area contributed by atoms with Gasteiger partial charge in [0.1, 0.15) is 0 Å². The van der Waals surface area contributed by atoms with Crippen LogP contribution in [0.2, 0.25) is 0 Å². The van der Waals surface area contributed by atoms with Gasteiger partial charge in [-0.3, -0.25) is 0 Å². The minimum absolute atomic E-state index is 0.348. The Kier molecular flexibility index (Phi) is 4.40. The quantitative estimate of drug-likeness (QED) is 0.702. The lowest BCUT2D eigenvalue weighted by molar-refractivity contribution is 0.140. The van der Waals surface area contributed by atoms with E-state index in [9.17, 15) is 5.11 Å². The van der Waals surface area contributed by atoms with Crippen molar-refractivity contribution in [2.75, 3.05) is 18.8 Å². The van der Waals surface area contributed by atoms with Gasteiger partial charge in [0.25, 0.3) is 0 Å². The van der Waals surface area contributed by atoms with Gasteiger partial charge in [-0.25, -0.2) is 0 Å². The lowest BCUT2D eigenvalue weighted by Crippen LogP contribution is -2.14. The molecule has 3 heteroatoms. The lowest BCUT2D eigenvalue weighted by Gasteiger charge is -2.18. The number of nitrogens with two attached hydrogens (primary N) is 1. The van der Waals surface area contributed by atoms with Crippen LogP contribution in [0.15, 0.2) is 24.3 Å². The summed E-state index contributed by atoms with van der Waals surface area (Å²) in [4.78, 5) is 0. The largest absolute Gasteiger partial charge is 0.399 e. The Hall–Kier alpha value is -1.06. The molecule has 0 aliphatic carbocycles. The Labute approximate surface area is 103 Å². The third kappa shape index (κ3) is 3.72. The fourth-order valence-electron chi connectivity index (χ4n) is 2.50. The van der Waals surface area contributed by atoms with E-state index in [1.807, 2.05) is 24.3 Å². The molecule has 0 spiro atoms. The average Bonchev–Trinajstić information content (AvgIpc) is 2.58. The van der Waals surface area contributed by atoms with Gasteiger partial charge in [0, 0.05) is 5.69 Å². The fourth-order valence-corrected chi connectivity index (χ4v) is 2.50. The second kappa shape index (κ2) is 6.03. The van der Waals surface area contributed by atoms with Crippen molar-refractivity contribution in [2.24, 2.45) is 5.92 Å². The van der Waals surface area contributed by atoms with Gasteiger partial charge in [0.15, 0.2) is 0 Å². The van der Waals surface area contributed by atoms with E-state index in [0.29, 0.717) is 5.92 Å². The molecule has 0 amide bonds. The van der Waals surface area contributed by atoms with Gasteiger partial charge in [-0.05, 0) is 62.4 Å². The molecule has 2 unspecified atom stereocenters. The molecule has 1 fully saturated rings. The maximum absolute atomic E-state index is 10.2. The molecule has 0 saturated carbocycles. The normalized spacial score (nSPS) is 23.0. The first kappa shape index (κ1) is 12.4. The van der Waals surface area contributed by atoms with Crippen LogP contribution >= 0.6 is 0 Å². The molecule has 0 bridgehead atoms. The maximum atomic E-state index is 10.2. The van der Waals surface area contributed by atoms with Crippen molar-refractivity contribution >= 4 is 5.69 Å². The summed E-state index contributed by atoms with van der Waals surface area (Å²) in [6, 6.07) is 7.56. The average molecular weight is 234 g/mol. The van der Waals surface area contributed by atoms with Crippen molar-refractivity contribution < 1.29 is 5.11 Å². The molecular weight excluding hydrogens is 212 g/mol. The van der Waals surface area contributed by atoms with Crippen molar-refractivity contribution in [3.63, 3.8) is 0 Å². The van der Waals surface area contributed by atoms with Crippen LogP contribution in [-0.4, -0.2) is 18.2 Å². The fraction of sp³-hybridized carbons (Fsp3) is 0.571. The topological polar surface area (TPSA) is 58.3 Å². The van der Waals surface area contributed by atoms with Crippen LogP contribution in [0.25, 0.3) is 0 Å². The standard InChI is InChI=1S/C14H22N2O/c15-13-5-3-12(4-6-13)14(17)10-11-2-1-8-16-9-7-11/h3-6,11,14,16-17H,1-2,7-10,15H2. The third-order valence-electron chi connectivity index (χ3n) is 3.57. The Bertz CT molecular complexity index is 329. The van der Waals surface area contributed by atoms with Crippen molar-refractivity contribution in [3.05, 3.63) is 29.8 Å². The van der Waals surface area contributed by atoms with E-state index in [2.05, 4.69) is 5.32 Å². The van der Waals surface area contributed by atoms with Crippen LogP contribution < -0.4 is 11.1 Å². The molecule has 1 aliphatic rings. The predicted octanol–water partition coefficient (Wildman–Crippen LogP) is 2.08. The van der Waals surface area contributed by atoms with Gasteiger partial charge in [-0.15, -0.1) is 0 Å². The summed E-state index contributed by atoms with van der Waals surface area (Å²) in [6.45, 7) is 2.20. The number of aliphatic hydroxyl groups is 1. The van der Waals surface area contributed by atoms with E-state index < -0.39 is 0 Å². The van der Waals surface area contributed by atoms with E-state index >= 15 is 0 Å². The van der Waals surface area contributed by atoms with Crippen molar-refractivity contribution in [1.29, 1.82) is 0 Å². The van der Waals surface area contributed by atoms with Crippen LogP contribution in [-0.2, 0) is 0 Å². The second-order valence-electron chi connectivity index (χ2n) is 4.97. The van der Waals surface area contributed by atoms with Crippen LogP contribution in [0.4, 0.5) is 5.69 Å². The number of anilines is 1. The van der Waals surface area contributed by atoms with Gasteiger partial charge >= 0.3 is 0 Å². The molecule has 0 radical (unpaired) electrons. The summed E-state index contributed by atoms with van der Waals surface area (Å²) in [7, 11) is 0. The summed E-state index contributed by atoms with van der Waals surface area (Å²) in [6.07, 6.45) is 4.13. The number of aliphatic hydroxyl groups excluding tert-OH is 1. The van der Waals surface area contributed by atoms with Crippen LogP contribution in [0.3, 0.4) is 0 Å². The first-order valence-corrected chi connectivity index (χ1v) is 6.50. The molecule has 1 aromatic carbocycles. The highest BCUT2D eigenvalue weighted by Crippen LogP contribution is 2.27. The Morgan fingerprint density at radius 3 is 2.76 bits per heavy atom.